The van der Waals surface area contributed by atoms with Crippen LogP contribution in [0.2, 0.25) is 0 Å². The Hall–Kier alpha value is -2.65. The van der Waals surface area contributed by atoms with Gasteiger partial charge in [0.15, 0.2) is 0 Å². The number of aromatic amines is 1. The van der Waals surface area contributed by atoms with Crippen molar-refractivity contribution < 1.29 is 0 Å². The maximum absolute atomic E-state index is 12.8. The summed E-state index contributed by atoms with van der Waals surface area (Å²) in [5.41, 5.74) is 3.46. The largest absolute Gasteiger partial charge is 0.329 e. The number of thiophene rings is 1. The zero-order valence-corrected chi connectivity index (χ0v) is 14.4. The van der Waals surface area contributed by atoms with Gasteiger partial charge in [0.25, 0.3) is 5.56 Å². The molecule has 3 rings (SSSR count). The molecule has 0 aliphatic carbocycles. The Balaban J connectivity index is 2.19. The quantitative estimate of drug-likeness (QED) is 0.740. The number of hydrogen-bond donors (Lipinski definition) is 1. The van der Waals surface area contributed by atoms with Crippen molar-refractivity contribution in [3.63, 3.8) is 0 Å². The minimum Gasteiger partial charge on any atom is -0.298 e. The molecule has 5 nitrogen and oxygen atoms in total. The van der Waals surface area contributed by atoms with Crippen molar-refractivity contribution in [1.82, 2.24) is 9.55 Å². The number of nitriles is 1. The smallest absolute Gasteiger partial charge is 0.298 e. The molecule has 0 saturated heterocycles. The van der Waals surface area contributed by atoms with Gasteiger partial charge < -0.3 is 0 Å². The van der Waals surface area contributed by atoms with Crippen molar-refractivity contribution in [3.05, 3.63) is 55.5 Å². The van der Waals surface area contributed by atoms with Crippen molar-refractivity contribution in [1.29, 1.82) is 5.26 Å². The fourth-order valence-corrected chi connectivity index (χ4v) is 3.65. The first-order chi connectivity index (χ1) is 11.5. The SMILES string of the molecule is Cc1ccc(-c2csc3[nH]c(=O)n(CCCC#N)c(=O)c23)cc1C. The van der Waals surface area contributed by atoms with Crippen molar-refractivity contribution >= 4 is 21.6 Å². The number of H-pyrrole nitrogens is 1. The third kappa shape index (κ3) is 2.79. The van der Waals surface area contributed by atoms with E-state index in [2.05, 4.69) is 11.1 Å². The minimum atomic E-state index is -0.418. The van der Waals surface area contributed by atoms with Gasteiger partial charge in [-0.3, -0.25) is 14.3 Å². The molecule has 0 atom stereocenters. The van der Waals surface area contributed by atoms with Crippen LogP contribution in [-0.4, -0.2) is 9.55 Å². The van der Waals surface area contributed by atoms with E-state index in [1.807, 2.05) is 37.4 Å². The van der Waals surface area contributed by atoms with Crippen LogP contribution in [0.3, 0.4) is 0 Å². The molecule has 0 amide bonds. The molecule has 122 valence electrons. The fraction of sp³-hybridized carbons (Fsp3) is 0.278. The number of fused-ring (bicyclic) bond motifs is 1. The second-order valence-electron chi connectivity index (χ2n) is 5.80. The first-order valence-electron chi connectivity index (χ1n) is 7.72. The molecule has 24 heavy (non-hydrogen) atoms. The van der Waals surface area contributed by atoms with Crippen molar-refractivity contribution in [2.24, 2.45) is 0 Å². The fourth-order valence-electron chi connectivity index (χ4n) is 2.69. The molecule has 0 saturated carbocycles. The summed E-state index contributed by atoms with van der Waals surface area (Å²) in [7, 11) is 0. The number of nitrogens with zero attached hydrogens (tertiary/aromatic N) is 2. The molecule has 2 heterocycles. The summed E-state index contributed by atoms with van der Waals surface area (Å²) in [4.78, 5) is 28.3. The first-order valence-corrected chi connectivity index (χ1v) is 8.60. The van der Waals surface area contributed by atoms with Crippen LogP contribution in [0.15, 0.2) is 33.2 Å². The standard InChI is InChI=1S/C18H17N3O2S/c1-11-5-6-13(9-12(11)2)14-10-24-16-15(14)17(22)21(18(23)20-16)8-4-3-7-19/h5-6,9-10H,3-4,8H2,1-2H3,(H,20,23). The minimum absolute atomic E-state index is 0.250. The van der Waals surface area contributed by atoms with Crippen LogP contribution >= 0.6 is 11.3 Å². The number of aryl methyl sites for hydroxylation is 2. The number of hydrogen-bond acceptors (Lipinski definition) is 4. The first kappa shape index (κ1) is 16.2. The highest BCUT2D eigenvalue weighted by Crippen LogP contribution is 2.31. The number of benzene rings is 1. The predicted molar refractivity (Wildman–Crippen MR) is 96.5 cm³/mol. The van der Waals surface area contributed by atoms with E-state index in [0.717, 1.165) is 16.7 Å². The number of aromatic nitrogens is 2. The van der Waals surface area contributed by atoms with Crippen LogP contribution in [0.25, 0.3) is 21.3 Å². The normalized spacial score (nSPS) is 10.9. The third-order valence-electron chi connectivity index (χ3n) is 4.20. The lowest BCUT2D eigenvalue weighted by Crippen LogP contribution is -2.34. The topological polar surface area (TPSA) is 78.7 Å². The lowest BCUT2D eigenvalue weighted by Gasteiger charge is -2.06. The lowest BCUT2D eigenvalue weighted by atomic mass is 10.0. The predicted octanol–water partition coefficient (Wildman–Crippen LogP) is 3.34. The van der Waals surface area contributed by atoms with E-state index in [1.165, 1.54) is 21.5 Å². The summed E-state index contributed by atoms with van der Waals surface area (Å²) >= 11 is 1.36. The highest BCUT2D eigenvalue weighted by molar-refractivity contribution is 7.17. The van der Waals surface area contributed by atoms with E-state index < -0.39 is 5.69 Å². The Bertz CT molecular complexity index is 1070. The molecule has 0 bridgehead atoms. The van der Waals surface area contributed by atoms with E-state index >= 15 is 0 Å². The van der Waals surface area contributed by atoms with Crippen LogP contribution in [-0.2, 0) is 6.54 Å². The maximum Gasteiger partial charge on any atom is 0.329 e. The van der Waals surface area contributed by atoms with Gasteiger partial charge in [-0.05, 0) is 37.0 Å². The van der Waals surface area contributed by atoms with E-state index in [9.17, 15) is 9.59 Å². The summed E-state index contributed by atoms with van der Waals surface area (Å²) in [6.07, 6.45) is 0.797. The average Bonchev–Trinajstić information content (AvgIpc) is 2.97. The van der Waals surface area contributed by atoms with Gasteiger partial charge in [0.05, 0.1) is 11.5 Å². The monoisotopic (exact) mass is 339 g/mol. The van der Waals surface area contributed by atoms with E-state index in [4.69, 9.17) is 5.26 Å². The molecule has 3 aromatic rings. The molecular weight excluding hydrogens is 322 g/mol. The van der Waals surface area contributed by atoms with Gasteiger partial charge in [-0.15, -0.1) is 11.3 Å². The molecule has 1 aromatic carbocycles. The van der Waals surface area contributed by atoms with Gasteiger partial charge in [0, 0.05) is 23.9 Å². The molecule has 6 heteroatoms. The molecule has 2 aromatic heterocycles. The molecule has 0 aliphatic heterocycles. The highest BCUT2D eigenvalue weighted by atomic mass is 32.1. The summed E-state index contributed by atoms with van der Waals surface area (Å²) < 4.78 is 1.19. The third-order valence-corrected chi connectivity index (χ3v) is 5.10. The van der Waals surface area contributed by atoms with Gasteiger partial charge in [0.2, 0.25) is 0 Å². The zero-order chi connectivity index (χ0) is 17.3. The summed E-state index contributed by atoms with van der Waals surface area (Å²) in [5.74, 6) is 0. The summed E-state index contributed by atoms with van der Waals surface area (Å²) in [6, 6.07) is 8.12. The zero-order valence-electron chi connectivity index (χ0n) is 13.5. The average molecular weight is 339 g/mol. The Morgan fingerprint density at radius 2 is 2.04 bits per heavy atom. The Morgan fingerprint density at radius 1 is 1.25 bits per heavy atom. The Morgan fingerprint density at radius 3 is 2.75 bits per heavy atom. The van der Waals surface area contributed by atoms with E-state index in [1.54, 1.807) is 0 Å². The number of nitrogens with one attached hydrogen (secondary N) is 1. The van der Waals surface area contributed by atoms with Crippen LogP contribution in [0.5, 0.6) is 0 Å². The molecule has 0 fully saturated rings. The second kappa shape index (κ2) is 6.46. The summed E-state index contributed by atoms with van der Waals surface area (Å²) in [6.45, 7) is 4.33. The van der Waals surface area contributed by atoms with Crippen molar-refractivity contribution in [3.8, 4) is 17.2 Å². The van der Waals surface area contributed by atoms with Crippen molar-refractivity contribution in [2.45, 2.75) is 33.2 Å². The molecule has 1 N–H and O–H groups in total. The lowest BCUT2D eigenvalue weighted by molar-refractivity contribution is 0.605. The second-order valence-corrected chi connectivity index (χ2v) is 6.68. The Kier molecular flexibility index (Phi) is 4.36. The van der Waals surface area contributed by atoms with Crippen LogP contribution in [0.1, 0.15) is 24.0 Å². The summed E-state index contributed by atoms with van der Waals surface area (Å²) in [5, 5.41) is 11.1. The highest BCUT2D eigenvalue weighted by Gasteiger charge is 2.15. The van der Waals surface area contributed by atoms with Gasteiger partial charge in [0.1, 0.15) is 4.83 Å². The molecule has 0 spiro atoms. The molecule has 0 radical (unpaired) electrons. The van der Waals surface area contributed by atoms with E-state index in [0.29, 0.717) is 23.1 Å². The van der Waals surface area contributed by atoms with Gasteiger partial charge in [-0.25, -0.2) is 4.79 Å². The molecule has 0 unspecified atom stereocenters. The van der Waals surface area contributed by atoms with Crippen molar-refractivity contribution in [2.75, 3.05) is 0 Å². The maximum atomic E-state index is 12.8. The number of unbranched alkanes of at least 4 members (excludes halogenated alkanes) is 1. The van der Waals surface area contributed by atoms with Gasteiger partial charge in [-0.1, -0.05) is 18.2 Å². The van der Waals surface area contributed by atoms with E-state index in [-0.39, 0.29) is 12.1 Å². The van der Waals surface area contributed by atoms with Crippen LogP contribution in [0, 0.1) is 25.2 Å². The molecule has 0 aliphatic rings. The Labute approximate surface area is 142 Å². The molecular formula is C18H17N3O2S. The van der Waals surface area contributed by atoms with Gasteiger partial charge in [-0.2, -0.15) is 5.26 Å². The number of rotatable bonds is 4. The van der Waals surface area contributed by atoms with Crippen LogP contribution in [0.4, 0.5) is 0 Å². The van der Waals surface area contributed by atoms with Crippen LogP contribution < -0.4 is 11.2 Å². The van der Waals surface area contributed by atoms with Gasteiger partial charge >= 0.3 is 5.69 Å².